The summed E-state index contributed by atoms with van der Waals surface area (Å²) in [7, 11) is 0. The van der Waals surface area contributed by atoms with Gasteiger partial charge in [-0.2, -0.15) is 0 Å². The standard InChI is InChI=1S/C13H25NO9/c15-2-1-5-12(8(18)6(3-16)14-5)23-13-11(21)10(20)9(19)7(4-17)22-13/h5-21H,1-4H2/t5-,6-,7-,8-,9-,10+,11+,12-,13+/m1/s1. The van der Waals surface area contributed by atoms with Crippen molar-refractivity contribution in [3.05, 3.63) is 0 Å². The van der Waals surface area contributed by atoms with E-state index in [1.807, 2.05) is 0 Å². The lowest BCUT2D eigenvalue weighted by atomic mass is 9.99. The monoisotopic (exact) mass is 339 g/mol. The largest absolute Gasteiger partial charge is 0.396 e. The molecule has 10 heteroatoms. The Bertz CT molecular complexity index is 371. The maximum absolute atomic E-state index is 10.2. The highest BCUT2D eigenvalue weighted by Crippen LogP contribution is 2.27. The van der Waals surface area contributed by atoms with Crippen LogP contribution in [0.3, 0.4) is 0 Å². The van der Waals surface area contributed by atoms with Crippen molar-refractivity contribution < 1.29 is 45.2 Å². The molecule has 2 aliphatic heterocycles. The highest BCUT2D eigenvalue weighted by atomic mass is 16.7. The summed E-state index contributed by atoms with van der Waals surface area (Å²) in [5.74, 6) is 0. The minimum Gasteiger partial charge on any atom is -0.396 e. The lowest BCUT2D eigenvalue weighted by Gasteiger charge is -2.41. The van der Waals surface area contributed by atoms with Crippen molar-refractivity contribution in [2.45, 2.75) is 61.4 Å². The molecule has 136 valence electrons. The first-order valence-electron chi connectivity index (χ1n) is 7.56. The SMILES string of the molecule is OCC[C@H]1N[C@H](CO)[C@@H](O)[C@@H]1O[C@@H]1O[C@H](CO)[C@@H](O)[C@H](O)[C@@H]1O. The molecule has 2 fully saturated rings. The van der Waals surface area contributed by atoms with E-state index < -0.39 is 61.6 Å². The van der Waals surface area contributed by atoms with E-state index in [1.165, 1.54) is 0 Å². The van der Waals surface area contributed by atoms with Gasteiger partial charge in [0, 0.05) is 12.6 Å². The Kier molecular flexibility index (Phi) is 6.68. The average molecular weight is 339 g/mol. The van der Waals surface area contributed by atoms with Crippen molar-refractivity contribution in [3.8, 4) is 0 Å². The first-order chi connectivity index (χ1) is 10.9. The first kappa shape index (κ1) is 18.9. The summed E-state index contributed by atoms with van der Waals surface area (Å²) in [6.07, 6.45) is -8.97. The molecule has 8 N–H and O–H groups in total. The van der Waals surface area contributed by atoms with Crippen LogP contribution in [-0.2, 0) is 9.47 Å². The van der Waals surface area contributed by atoms with E-state index in [1.54, 1.807) is 0 Å². The van der Waals surface area contributed by atoms with Gasteiger partial charge in [-0.05, 0) is 6.42 Å². The Morgan fingerprint density at radius 2 is 1.52 bits per heavy atom. The zero-order valence-corrected chi connectivity index (χ0v) is 12.5. The summed E-state index contributed by atoms with van der Waals surface area (Å²) in [6.45, 7) is -1.12. The van der Waals surface area contributed by atoms with Crippen LogP contribution in [0, 0.1) is 0 Å². The molecule has 0 unspecified atom stereocenters. The van der Waals surface area contributed by atoms with Gasteiger partial charge in [-0.15, -0.1) is 0 Å². The van der Waals surface area contributed by atoms with Gasteiger partial charge in [0.1, 0.15) is 30.5 Å². The Hall–Kier alpha value is -0.400. The molecule has 2 heterocycles. The van der Waals surface area contributed by atoms with E-state index in [0.29, 0.717) is 0 Å². The third-order valence-electron chi connectivity index (χ3n) is 4.35. The number of ether oxygens (including phenoxy) is 2. The smallest absolute Gasteiger partial charge is 0.187 e. The molecule has 9 atom stereocenters. The number of aliphatic hydroxyl groups excluding tert-OH is 7. The summed E-state index contributed by atoms with van der Waals surface area (Å²) in [4.78, 5) is 0. The van der Waals surface area contributed by atoms with Gasteiger partial charge in [0.15, 0.2) is 6.29 Å². The molecule has 0 amide bonds. The van der Waals surface area contributed by atoms with Crippen molar-refractivity contribution in [2.75, 3.05) is 19.8 Å². The van der Waals surface area contributed by atoms with E-state index in [4.69, 9.17) is 19.7 Å². The van der Waals surface area contributed by atoms with Gasteiger partial charge in [0.2, 0.25) is 0 Å². The molecule has 2 aliphatic rings. The highest BCUT2D eigenvalue weighted by molar-refractivity contribution is 5.00. The van der Waals surface area contributed by atoms with Crippen molar-refractivity contribution in [3.63, 3.8) is 0 Å². The molecule has 2 rings (SSSR count). The van der Waals surface area contributed by atoms with Gasteiger partial charge in [-0.3, -0.25) is 0 Å². The maximum Gasteiger partial charge on any atom is 0.187 e. The van der Waals surface area contributed by atoms with Gasteiger partial charge in [0.05, 0.1) is 25.4 Å². The van der Waals surface area contributed by atoms with Gasteiger partial charge < -0.3 is 50.5 Å². The molecule has 23 heavy (non-hydrogen) atoms. The maximum atomic E-state index is 10.2. The summed E-state index contributed by atoms with van der Waals surface area (Å²) in [5, 5.41) is 70.0. The van der Waals surface area contributed by atoms with Gasteiger partial charge in [0.25, 0.3) is 0 Å². The molecule has 2 saturated heterocycles. The fraction of sp³-hybridized carbons (Fsp3) is 1.00. The van der Waals surface area contributed by atoms with Crippen LogP contribution in [0.25, 0.3) is 0 Å². The zero-order chi connectivity index (χ0) is 17.1. The van der Waals surface area contributed by atoms with Crippen molar-refractivity contribution in [2.24, 2.45) is 0 Å². The minimum atomic E-state index is -1.58. The Morgan fingerprint density at radius 1 is 0.826 bits per heavy atom. The molecule has 0 aromatic carbocycles. The second-order valence-corrected chi connectivity index (χ2v) is 5.86. The average Bonchev–Trinajstić information content (AvgIpc) is 2.84. The fourth-order valence-electron chi connectivity index (χ4n) is 2.99. The molecule has 0 aliphatic carbocycles. The van der Waals surface area contributed by atoms with Crippen LogP contribution in [0.5, 0.6) is 0 Å². The Morgan fingerprint density at radius 3 is 2.09 bits per heavy atom. The van der Waals surface area contributed by atoms with E-state index >= 15 is 0 Å². The number of rotatable bonds is 6. The topological polar surface area (TPSA) is 172 Å². The minimum absolute atomic E-state index is 0.183. The van der Waals surface area contributed by atoms with Crippen molar-refractivity contribution >= 4 is 0 Å². The van der Waals surface area contributed by atoms with Crippen LogP contribution in [0.2, 0.25) is 0 Å². The molecule has 0 aromatic rings. The third kappa shape index (κ3) is 3.82. The normalized spacial score (nSPS) is 47.9. The second kappa shape index (κ2) is 8.12. The zero-order valence-electron chi connectivity index (χ0n) is 12.5. The summed E-state index contributed by atoms with van der Waals surface area (Å²) in [6, 6.07) is -1.17. The van der Waals surface area contributed by atoms with Crippen molar-refractivity contribution in [1.82, 2.24) is 5.32 Å². The van der Waals surface area contributed by atoms with Crippen LogP contribution in [0.15, 0.2) is 0 Å². The molecule has 0 spiro atoms. The van der Waals surface area contributed by atoms with E-state index in [9.17, 15) is 25.5 Å². The second-order valence-electron chi connectivity index (χ2n) is 5.86. The molecule has 10 nitrogen and oxygen atoms in total. The molecule has 0 radical (unpaired) electrons. The van der Waals surface area contributed by atoms with Gasteiger partial charge in [-0.25, -0.2) is 0 Å². The summed E-state index contributed by atoms with van der Waals surface area (Å²) < 4.78 is 10.8. The van der Waals surface area contributed by atoms with Crippen LogP contribution >= 0.6 is 0 Å². The predicted molar refractivity (Wildman–Crippen MR) is 74.1 cm³/mol. The first-order valence-corrected chi connectivity index (χ1v) is 7.56. The number of hydrogen-bond acceptors (Lipinski definition) is 10. The van der Waals surface area contributed by atoms with Gasteiger partial charge in [-0.1, -0.05) is 0 Å². The number of hydrogen-bond donors (Lipinski definition) is 8. The van der Waals surface area contributed by atoms with Gasteiger partial charge >= 0.3 is 0 Å². The van der Waals surface area contributed by atoms with Crippen molar-refractivity contribution in [1.29, 1.82) is 0 Å². The number of aliphatic hydroxyl groups is 7. The van der Waals surface area contributed by atoms with Crippen LogP contribution in [0.1, 0.15) is 6.42 Å². The molecular formula is C13H25NO9. The fourth-order valence-corrected chi connectivity index (χ4v) is 2.99. The van der Waals surface area contributed by atoms with Crippen LogP contribution in [0.4, 0.5) is 0 Å². The highest BCUT2D eigenvalue weighted by Gasteiger charge is 2.49. The Balaban J connectivity index is 2.08. The Labute approximate surface area is 132 Å². The van der Waals surface area contributed by atoms with E-state index in [-0.39, 0.29) is 19.6 Å². The molecule has 0 bridgehead atoms. The molecule has 0 saturated carbocycles. The summed E-state index contributed by atoms with van der Waals surface area (Å²) in [5.41, 5.74) is 0. The lowest BCUT2D eigenvalue weighted by Crippen LogP contribution is -2.60. The third-order valence-corrected chi connectivity index (χ3v) is 4.35. The summed E-state index contributed by atoms with van der Waals surface area (Å²) >= 11 is 0. The van der Waals surface area contributed by atoms with Crippen LogP contribution < -0.4 is 5.32 Å². The predicted octanol–water partition coefficient (Wildman–Crippen LogP) is -4.75. The number of nitrogens with one attached hydrogen (secondary N) is 1. The molecule has 0 aromatic heterocycles. The lowest BCUT2D eigenvalue weighted by molar-refractivity contribution is -0.316. The van der Waals surface area contributed by atoms with Crippen LogP contribution in [-0.4, -0.2) is 111 Å². The molecular weight excluding hydrogens is 314 g/mol. The van der Waals surface area contributed by atoms with E-state index in [0.717, 1.165) is 0 Å². The van der Waals surface area contributed by atoms with E-state index in [2.05, 4.69) is 5.32 Å². The quantitative estimate of drug-likeness (QED) is 0.235.